The SMILES string of the molecule is CCOC(=O)C(NC(=O)c1ccccc1S)C(O)c1ccccc1. The molecule has 2 rings (SSSR count). The fourth-order valence-electron chi connectivity index (χ4n) is 2.23. The van der Waals surface area contributed by atoms with E-state index in [4.69, 9.17) is 4.74 Å². The van der Waals surface area contributed by atoms with Crippen LogP contribution in [0.3, 0.4) is 0 Å². The minimum absolute atomic E-state index is 0.149. The highest BCUT2D eigenvalue weighted by Gasteiger charge is 2.31. The Morgan fingerprint density at radius 3 is 2.38 bits per heavy atom. The third-order valence-corrected chi connectivity index (χ3v) is 3.82. The van der Waals surface area contributed by atoms with Crippen molar-refractivity contribution in [2.45, 2.75) is 24.0 Å². The Kier molecular flexibility index (Phi) is 6.40. The van der Waals surface area contributed by atoms with Crippen molar-refractivity contribution in [1.82, 2.24) is 5.32 Å². The molecule has 2 aromatic rings. The summed E-state index contributed by atoms with van der Waals surface area (Å²) in [6, 6.07) is 14.1. The van der Waals surface area contributed by atoms with Crippen molar-refractivity contribution in [2.75, 3.05) is 6.61 Å². The van der Waals surface area contributed by atoms with E-state index in [1.165, 1.54) is 0 Å². The van der Waals surface area contributed by atoms with Crippen molar-refractivity contribution in [2.24, 2.45) is 0 Å². The molecule has 6 heteroatoms. The fraction of sp³-hybridized carbons (Fsp3) is 0.222. The number of amides is 1. The first-order valence-electron chi connectivity index (χ1n) is 7.53. The van der Waals surface area contributed by atoms with Gasteiger partial charge in [0.05, 0.1) is 12.2 Å². The molecule has 0 saturated carbocycles. The summed E-state index contributed by atoms with van der Waals surface area (Å²) in [4.78, 5) is 25.1. The maximum atomic E-state index is 12.4. The summed E-state index contributed by atoms with van der Waals surface area (Å²) in [5.74, 6) is -1.20. The van der Waals surface area contributed by atoms with Crippen LogP contribution in [0.15, 0.2) is 59.5 Å². The molecule has 0 radical (unpaired) electrons. The van der Waals surface area contributed by atoms with Crippen molar-refractivity contribution in [3.63, 3.8) is 0 Å². The number of benzene rings is 2. The molecule has 0 aliphatic heterocycles. The Hall–Kier alpha value is -2.31. The average Bonchev–Trinajstić information content (AvgIpc) is 2.60. The maximum absolute atomic E-state index is 12.4. The van der Waals surface area contributed by atoms with E-state index < -0.39 is 24.0 Å². The Morgan fingerprint density at radius 1 is 1.12 bits per heavy atom. The van der Waals surface area contributed by atoms with E-state index in [0.717, 1.165) is 0 Å². The van der Waals surface area contributed by atoms with Gasteiger partial charge >= 0.3 is 5.97 Å². The van der Waals surface area contributed by atoms with Crippen LogP contribution in [-0.2, 0) is 9.53 Å². The number of esters is 1. The van der Waals surface area contributed by atoms with Crippen molar-refractivity contribution >= 4 is 24.5 Å². The second-order valence-corrected chi connectivity index (χ2v) is 5.56. The van der Waals surface area contributed by atoms with Crippen molar-refractivity contribution in [1.29, 1.82) is 0 Å². The number of ether oxygens (including phenoxy) is 1. The lowest BCUT2D eigenvalue weighted by molar-refractivity contribution is -0.148. The molecule has 0 aliphatic carbocycles. The molecule has 24 heavy (non-hydrogen) atoms. The van der Waals surface area contributed by atoms with E-state index in [2.05, 4.69) is 17.9 Å². The number of thiol groups is 1. The van der Waals surface area contributed by atoms with Crippen LogP contribution in [0.25, 0.3) is 0 Å². The van der Waals surface area contributed by atoms with Gasteiger partial charge in [-0.2, -0.15) is 0 Å². The molecule has 2 aromatic carbocycles. The Labute approximate surface area is 146 Å². The summed E-state index contributed by atoms with van der Waals surface area (Å²) in [5, 5.41) is 13.1. The summed E-state index contributed by atoms with van der Waals surface area (Å²) in [7, 11) is 0. The predicted molar refractivity (Wildman–Crippen MR) is 93.0 cm³/mol. The molecule has 1 amide bonds. The van der Waals surface area contributed by atoms with Crippen LogP contribution < -0.4 is 5.32 Å². The highest BCUT2D eigenvalue weighted by atomic mass is 32.1. The third-order valence-electron chi connectivity index (χ3n) is 3.43. The van der Waals surface area contributed by atoms with Gasteiger partial charge in [-0.1, -0.05) is 42.5 Å². The molecule has 2 N–H and O–H groups in total. The topological polar surface area (TPSA) is 75.6 Å². The van der Waals surface area contributed by atoms with Crippen LogP contribution in [0, 0.1) is 0 Å². The van der Waals surface area contributed by atoms with Gasteiger partial charge in [-0.25, -0.2) is 4.79 Å². The quantitative estimate of drug-likeness (QED) is 0.555. The van der Waals surface area contributed by atoms with E-state index in [9.17, 15) is 14.7 Å². The van der Waals surface area contributed by atoms with Crippen LogP contribution in [0.5, 0.6) is 0 Å². The highest BCUT2D eigenvalue weighted by molar-refractivity contribution is 7.80. The van der Waals surface area contributed by atoms with Crippen LogP contribution in [-0.4, -0.2) is 29.6 Å². The molecule has 126 valence electrons. The number of nitrogens with one attached hydrogen (secondary N) is 1. The lowest BCUT2D eigenvalue weighted by Gasteiger charge is -2.23. The number of hydrogen-bond donors (Lipinski definition) is 3. The first-order chi connectivity index (χ1) is 11.5. The van der Waals surface area contributed by atoms with Gasteiger partial charge in [0.1, 0.15) is 6.10 Å². The first kappa shape index (κ1) is 18.0. The van der Waals surface area contributed by atoms with Gasteiger partial charge in [0.25, 0.3) is 5.91 Å². The third kappa shape index (κ3) is 4.37. The van der Waals surface area contributed by atoms with Gasteiger partial charge in [-0.15, -0.1) is 12.6 Å². The molecule has 0 heterocycles. The molecule has 0 saturated heterocycles. The largest absolute Gasteiger partial charge is 0.464 e. The number of carbonyl (C=O) groups is 2. The maximum Gasteiger partial charge on any atom is 0.331 e. The van der Waals surface area contributed by atoms with Gasteiger partial charge in [-0.3, -0.25) is 4.79 Å². The minimum atomic E-state index is -1.22. The lowest BCUT2D eigenvalue weighted by Crippen LogP contribution is -2.46. The van der Waals surface area contributed by atoms with E-state index in [-0.39, 0.29) is 6.61 Å². The van der Waals surface area contributed by atoms with Crippen molar-refractivity contribution in [3.05, 3.63) is 65.7 Å². The predicted octanol–water partition coefficient (Wildman–Crippen LogP) is 2.37. The van der Waals surface area contributed by atoms with E-state index in [0.29, 0.717) is 16.0 Å². The first-order valence-corrected chi connectivity index (χ1v) is 7.97. The van der Waals surface area contributed by atoms with Crippen LogP contribution in [0.2, 0.25) is 0 Å². The number of aliphatic hydroxyl groups excluding tert-OH is 1. The summed E-state index contributed by atoms with van der Waals surface area (Å²) in [6.07, 6.45) is -1.22. The van der Waals surface area contributed by atoms with E-state index in [1.54, 1.807) is 61.5 Å². The molecule has 2 unspecified atom stereocenters. The molecule has 0 fully saturated rings. The second kappa shape index (κ2) is 8.52. The van der Waals surface area contributed by atoms with Crippen LogP contribution >= 0.6 is 12.6 Å². The molecule has 5 nitrogen and oxygen atoms in total. The number of rotatable bonds is 6. The second-order valence-electron chi connectivity index (χ2n) is 5.08. The number of carbonyl (C=O) groups excluding carboxylic acids is 2. The number of hydrogen-bond acceptors (Lipinski definition) is 5. The normalized spacial score (nSPS) is 13.0. The average molecular weight is 345 g/mol. The molecule has 0 bridgehead atoms. The van der Waals surface area contributed by atoms with Gasteiger partial charge in [0, 0.05) is 4.90 Å². The van der Waals surface area contributed by atoms with E-state index >= 15 is 0 Å². The molecular weight excluding hydrogens is 326 g/mol. The van der Waals surface area contributed by atoms with Crippen LogP contribution in [0.1, 0.15) is 28.9 Å². The minimum Gasteiger partial charge on any atom is -0.464 e. The Bertz CT molecular complexity index is 705. The summed E-state index contributed by atoms with van der Waals surface area (Å²) in [6.45, 7) is 1.81. The van der Waals surface area contributed by atoms with E-state index in [1.807, 2.05) is 0 Å². The van der Waals surface area contributed by atoms with Crippen LogP contribution in [0.4, 0.5) is 0 Å². The van der Waals surface area contributed by atoms with Crippen molar-refractivity contribution in [3.8, 4) is 0 Å². The Morgan fingerprint density at radius 2 is 1.75 bits per heavy atom. The molecular formula is C18H19NO4S. The van der Waals surface area contributed by atoms with Gasteiger partial charge in [0.15, 0.2) is 6.04 Å². The zero-order valence-electron chi connectivity index (χ0n) is 13.2. The van der Waals surface area contributed by atoms with Gasteiger partial charge in [0.2, 0.25) is 0 Å². The molecule has 0 spiro atoms. The van der Waals surface area contributed by atoms with Gasteiger partial charge in [-0.05, 0) is 24.6 Å². The standard InChI is InChI=1S/C18H19NO4S/c1-2-23-18(22)15(16(20)12-8-4-3-5-9-12)19-17(21)13-10-6-7-11-14(13)24/h3-11,15-16,20,24H,2H2,1H3,(H,19,21). The smallest absolute Gasteiger partial charge is 0.331 e. The zero-order valence-corrected chi connectivity index (χ0v) is 14.1. The monoisotopic (exact) mass is 345 g/mol. The Balaban J connectivity index is 2.25. The molecule has 2 atom stereocenters. The fourth-order valence-corrected chi connectivity index (χ4v) is 2.49. The number of aliphatic hydroxyl groups is 1. The molecule has 0 aliphatic rings. The zero-order chi connectivity index (χ0) is 17.5. The summed E-state index contributed by atoms with van der Waals surface area (Å²) >= 11 is 4.23. The molecule has 0 aromatic heterocycles. The summed E-state index contributed by atoms with van der Waals surface area (Å²) < 4.78 is 4.98. The highest BCUT2D eigenvalue weighted by Crippen LogP contribution is 2.19. The summed E-state index contributed by atoms with van der Waals surface area (Å²) in [5.41, 5.74) is 0.824. The lowest BCUT2D eigenvalue weighted by atomic mass is 10.0. The van der Waals surface area contributed by atoms with Gasteiger partial charge < -0.3 is 15.2 Å². The van der Waals surface area contributed by atoms with Crippen molar-refractivity contribution < 1.29 is 19.4 Å².